The molecule has 2 aliphatic rings. The van der Waals surface area contributed by atoms with Crippen molar-refractivity contribution in [1.29, 1.82) is 0 Å². The van der Waals surface area contributed by atoms with E-state index in [1.807, 2.05) is 6.07 Å². The molecule has 0 bridgehead atoms. The number of allylic oxidation sites excluding steroid dienone is 1. The van der Waals surface area contributed by atoms with Crippen LogP contribution >= 0.6 is 11.6 Å². The molecular weight excluding hydrogens is 252 g/mol. The van der Waals surface area contributed by atoms with Gasteiger partial charge >= 0.3 is 0 Å². The average Bonchev–Trinajstić information content (AvgIpc) is 2.46. The highest BCUT2D eigenvalue weighted by Gasteiger charge is 2.20. The van der Waals surface area contributed by atoms with Crippen LogP contribution in [-0.2, 0) is 19.3 Å². The lowest BCUT2D eigenvalue weighted by atomic mass is 9.80. The van der Waals surface area contributed by atoms with Crippen LogP contribution in [-0.4, -0.2) is 0 Å². The molecule has 0 N–H and O–H groups in total. The first-order valence-corrected chi connectivity index (χ1v) is 7.31. The van der Waals surface area contributed by atoms with Crippen molar-refractivity contribution in [3.05, 3.63) is 63.7 Å². The number of rotatable bonds is 0. The second kappa shape index (κ2) is 4.25. The number of fused-ring (bicyclic) bond motifs is 5. The van der Waals surface area contributed by atoms with E-state index in [2.05, 4.69) is 36.4 Å². The van der Waals surface area contributed by atoms with Crippen LogP contribution in [0.25, 0.3) is 17.2 Å². The molecule has 1 heteroatoms. The van der Waals surface area contributed by atoms with Crippen LogP contribution in [0.15, 0.2) is 36.4 Å². The maximum atomic E-state index is 6.18. The van der Waals surface area contributed by atoms with Gasteiger partial charge in [0.1, 0.15) is 0 Å². The summed E-state index contributed by atoms with van der Waals surface area (Å²) >= 11 is 6.18. The molecule has 0 heterocycles. The Morgan fingerprint density at radius 3 is 2.74 bits per heavy atom. The third kappa shape index (κ3) is 1.74. The van der Waals surface area contributed by atoms with Crippen LogP contribution in [0.1, 0.15) is 28.7 Å². The van der Waals surface area contributed by atoms with Crippen LogP contribution in [0, 0.1) is 0 Å². The zero-order chi connectivity index (χ0) is 12.8. The van der Waals surface area contributed by atoms with E-state index in [1.54, 1.807) is 11.1 Å². The smallest absolute Gasteiger partial charge is 0.0412 e. The van der Waals surface area contributed by atoms with Crippen molar-refractivity contribution in [2.45, 2.75) is 25.7 Å². The minimum absolute atomic E-state index is 0.837. The second-order valence-corrected chi connectivity index (χ2v) is 5.84. The predicted octanol–water partition coefficient (Wildman–Crippen LogP) is 5.07. The molecule has 0 unspecified atom stereocenters. The summed E-state index contributed by atoms with van der Waals surface area (Å²) in [7, 11) is 0. The molecule has 2 aromatic carbocycles. The monoisotopic (exact) mass is 266 g/mol. The molecule has 0 radical (unpaired) electrons. The van der Waals surface area contributed by atoms with E-state index in [4.69, 9.17) is 11.6 Å². The Balaban J connectivity index is 1.98. The molecular formula is C18H15Cl. The summed E-state index contributed by atoms with van der Waals surface area (Å²) in [6.07, 6.45) is 9.21. The Morgan fingerprint density at radius 1 is 0.842 bits per heavy atom. The molecule has 0 amide bonds. The van der Waals surface area contributed by atoms with E-state index in [0.717, 1.165) is 11.4 Å². The van der Waals surface area contributed by atoms with Gasteiger partial charge in [-0.3, -0.25) is 0 Å². The maximum Gasteiger partial charge on any atom is 0.0412 e. The Kier molecular flexibility index (Phi) is 2.53. The number of halogens is 1. The van der Waals surface area contributed by atoms with Crippen LogP contribution in [0.5, 0.6) is 0 Å². The quantitative estimate of drug-likeness (QED) is 0.625. The van der Waals surface area contributed by atoms with Gasteiger partial charge in [-0.25, -0.2) is 0 Å². The lowest BCUT2D eigenvalue weighted by Gasteiger charge is -2.25. The van der Waals surface area contributed by atoms with Crippen LogP contribution in [0.3, 0.4) is 0 Å². The van der Waals surface area contributed by atoms with Crippen LogP contribution in [0.2, 0.25) is 5.02 Å². The van der Waals surface area contributed by atoms with Crippen LogP contribution < -0.4 is 0 Å². The first-order valence-electron chi connectivity index (χ1n) is 6.93. The Hall–Kier alpha value is -1.53. The van der Waals surface area contributed by atoms with Gasteiger partial charge in [0.2, 0.25) is 0 Å². The van der Waals surface area contributed by atoms with Gasteiger partial charge in [-0.05, 0) is 71.2 Å². The van der Waals surface area contributed by atoms with Gasteiger partial charge in [0.15, 0.2) is 0 Å². The molecule has 2 aliphatic carbocycles. The van der Waals surface area contributed by atoms with Gasteiger partial charge in [-0.1, -0.05) is 42.0 Å². The molecule has 0 aliphatic heterocycles. The first kappa shape index (κ1) is 11.3. The summed E-state index contributed by atoms with van der Waals surface area (Å²) in [5.41, 5.74) is 8.70. The van der Waals surface area contributed by atoms with Gasteiger partial charge in [0.25, 0.3) is 0 Å². The third-order valence-corrected chi connectivity index (χ3v) is 4.57. The molecule has 4 rings (SSSR count). The van der Waals surface area contributed by atoms with Crippen molar-refractivity contribution in [3.8, 4) is 11.1 Å². The molecule has 94 valence electrons. The summed E-state index contributed by atoms with van der Waals surface area (Å²) in [4.78, 5) is 0. The van der Waals surface area contributed by atoms with Crippen molar-refractivity contribution in [2.75, 3.05) is 0 Å². The second-order valence-electron chi connectivity index (χ2n) is 5.40. The molecule has 0 atom stereocenters. The fourth-order valence-electron chi connectivity index (χ4n) is 3.42. The third-order valence-electron chi connectivity index (χ3n) is 4.33. The highest BCUT2D eigenvalue weighted by atomic mass is 35.5. The van der Waals surface area contributed by atoms with Crippen LogP contribution in [0.4, 0.5) is 0 Å². The summed E-state index contributed by atoms with van der Waals surface area (Å²) in [5.74, 6) is 0. The number of hydrogen-bond donors (Lipinski definition) is 0. The number of aryl methyl sites for hydroxylation is 1. The summed E-state index contributed by atoms with van der Waals surface area (Å²) in [6, 6.07) is 10.9. The lowest BCUT2D eigenvalue weighted by molar-refractivity contribution is 0.887. The highest BCUT2D eigenvalue weighted by Crippen LogP contribution is 2.39. The van der Waals surface area contributed by atoms with E-state index in [0.29, 0.717) is 0 Å². The Labute approximate surface area is 118 Å². The first-order chi connectivity index (χ1) is 9.33. The molecule has 0 spiro atoms. The van der Waals surface area contributed by atoms with Crippen molar-refractivity contribution in [1.82, 2.24) is 0 Å². The predicted molar refractivity (Wildman–Crippen MR) is 81.7 cm³/mol. The number of hydrogen-bond acceptors (Lipinski definition) is 0. The summed E-state index contributed by atoms with van der Waals surface area (Å²) in [6.45, 7) is 0. The molecule has 0 nitrogen and oxygen atoms in total. The van der Waals surface area contributed by atoms with Gasteiger partial charge in [0.05, 0.1) is 0 Å². The molecule has 19 heavy (non-hydrogen) atoms. The fraction of sp³-hybridized carbons (Fsp3) is 0.222. The molecule has 0 saturated heterocycles. The van der Waals surface area contributed by atoms with Gasteiger partial charge in [-0.15, -0.1) is 0 Å². The van der Waals surface area contributed by atoms with Gasteiger partial charge < -0.3 is 0 Å². The van der Waals surface area contributed by atoms with E-state index >= 15 is 0 Å². The summed E-state index contributed by atoms with van der Waals surface area (Å²) < 4.78 is 0. The van der Waals surface area contributed by atoms with E-state index in [-0.39, 0.29) is 0 Å². The lowest BCUT2D eigenvalue weighted by Crippen LogP contribution is -2.09. The molecule has 2 aromatic rings. The Bertz CT molecular complexity index is 695. The SMILES string of the molecule is Clc1ccc2c(c1)-c1ccc3c(c1CC2)CCC=C3. The highest BCUT2D eigenvalue weighted by molar-refractivity contribution is 6.30. The van der Waals surface area contributed by atoms with Gasteiger partial charge in [-0.2, -0.15) is 0 Å². The zero-order valence-corrected chi connectivity index (χ0v) is 11.5. The molecule has 0 saturated carbocycles. The normalized spacial score (nSPS) is 15.6. The van der Waals surface area contributed by atoms with Crippen molar-refractivity contribution in [2.24, 2.45) is 0 Å². The van der Waals surface area contributed by atoms with E-state index < -0.39 is 0 Å². The van der Waals surface area contributed by atoms with E-state index in [1.165, 1.54) is 41.5 Å². The standard InChI is InChI=1S/C18H15Cl/c19-14-8-5-13-7-9-16-15-4-2-1-3-12(15)6-10-17(16)18(13)11-14/h1,3,5-6,8,10-11H,2,4,7,9H2. The minimum Gasteiger partial charge on any atom is -0.0843 e. The molecule has 0 aromatic heterocycles. The Morgan fingerprint density at radius 2 is 1.79 bits per heavy atom. The maximum absolute atomic E-state index is 6.18. The van der Waals surface area contributed by atoms with E-state index in [9.17, 15) is 0 Å². The largest absolute Gasteiger partial charge is 0.0843 e. The number of benzene rings is 2. The minimum atomic E-state index is 0.837. The topological polar surface area (TPSA) is 0 Å². The van der Waals surface area contributed by atoms with Crippen molar-refractivity contribution in [3.63, 3.8) is 0 Å². The fourth-order valence-corrected chi connectivity index (χ4v) is 3.59. The summed E-state index contributed by atoms with van der Waals surface area (Å²) in [5, 5.41) is 0.837. The average molecular weight is 267 g/mol. The van der Waals surface area contributed by atoms with Crippen molar-refractivity contribution >= 4 is 17.7 Å². The van der Waals surface area contributed by atoms with Crippen molar-refractivity contribution < 1.29 is 0 Å². The molecule has 0 fully saturated rings. The zero-order valence-electron chi connectivity index (χ0n) is 10.7. The van der Waals surface area contributed by atoms with Gasteiger partial charge in [0, 0.05) is 5.02 Å².